The molecule has 1 aliphatic rings. The van der Waals surface area contributed by atoms with Gasteiger partial charge in [0, 0.05) is 12.0 Å². The summed E-state index contributed by atoms with van der Waals surface area (Å²) in [6.07, 6.45) is 2.67. The molecule has 4 rings (SSSR count). The first-order valence-electron chi connectivity index (χ1n) is 9.49. The third-order valence-electron chi connectivity index (χ3n) is 5.34. The van der Waals surface area contributed by atoms with Crippen LogP contribution in [0.1, 0.15) is 52.1 Å². The van der Waals surface area contributed by atoms with Gasteiger partial charge in [-0.15, -0.1) is 0 Å². The summed E-state index contributed by atoms with van der Waals surface area (Å²) in [6, 6.07) is 6.42. The molecule has 0 saturated carbocycles. The summed E-state index contributed by atoms with van der Waals surface area (Å²) in [5.74, 6) is 0.766. The molecule has 3 aromatic rings. The van der Waals surface area contributed by atoms with Gasteiger partial charge in [0.05, 0.1) is 23.6 Å². The zero-order valence-corrected chi connectivity index (χ0v) is 16.3. The predicted octanol–water partition coefficient (Wildman–Crippen LogP) is 4.05. The maximum atomic E-state index is 13.4. The Labute approximate surface area is 162 Å². The van der Waals surface area contributed by atoms with Crippen molar-refractivity contribution in [1.29, 1.82) is 0 Å². The summed E-state index contributed by atoms with van der Waals surface area (Å²) in [5, 5.41) is 11.5. The van der Waals surface area contributed by atoms with Crippen molar-refractivity contribution in [2.45, 2.75) is 46.6 Å². The SMILES string of the molecule is Cc1nn(Cc2cccc(F)c2)c(C)c1NC(=O)c1noc2c1CC(C)CC2. The molecule has 1 aromatic carbocycles. The van der Waals surface area contributed by atoms with E-state index >= 15 is 0 Å². The van der Waals surface area contributed by atoms with Gasteiger partial charge < -0.3 is 9.84 Å². The molecule has 7 heteroatoms. The largest absolute Gasteiger partial charge is 0.360 e. The molecule has 1 aliphatic carbocycles. The summed E-state index contributed by atoms with van der Waals surface area (Å²) >= 11 is 0. The quantitative estimate of drug-likeness (QED) is 0.739. The highest BCUT2D eigenvalue weighted by molar-refractivity contribution is 6.04. The second-order valence-electron chi connectivity index (χ2n) is 7.57. The van der Waals surface area contributed by atoms with Crippen LogP contribution >= 0.6 is 0 Å². The number of hydrogen-bond acceptors (Lipinski definition) is 4. The molecule has 0 spiro atoms. The minimum absolute atomic E-state index is 0.280. The summed E-state index contributed by atoms with van der Waals surface area (Å²) in [5.41, 5.74) is 4.25. The lowest BCUT2D eigenvalue weighted by Gasteiger charge is -2.16. The van der Waals surface area contributed by atoms with Gasteiger partial charge in [0.15, 0.2) is 5.69 Å². The number of anilines is 1. The molecule has 146 valence electrons. The zero-order valence-electron chi connectivity index (χ0n) is 16.3. The summed E-state index contributed by atoms with van der Waals surface area (Å²) in [4.78, 5) is 12.9. The summed E-state index contributed by atoms with van der Waals surface area (Å²) in [6.45, 7) is 6.32. The maximum absolute atomic E-state index is 13.4. The Morgan fingerprint density at radius 2 is 2.21 bits per heavy atom. The van der Waals surface area contributed by atoms with E-state index in [9.17, 15) is 9.18 Å². The van der Waals surface area contributed by atoms with Crippen LogP contribution in [-0.2, 0) is 19.4 Å². The first kappa shape index (κ1) is 18.4. The predicted molar refractivity (Wildman–Crippen MR) is 103 cm³/mol. The molecule has 6 nitrogen and oxygen atoms in total. The van der Waals surface area contributed by atoms with Crippen LogP contribution in [0.5, 0.6) is 0 Å². The summed E-state index contributed by atoms with van der Waals surface area (Å²) in [7, 11) is 0. The van der Waals surface area contributed by atoms with Gasteiger partial charge in [-0.3, -0.25) is 9.48 Å². The van der Waals surface area contributed by atoms with Gasteiger partial charge in [-0.05, 0) is 50.3 Å². The molecular formula is C21H23FN4O2. The normalized spacial score (nSPS) is 16.1. The van der Waals surface area contributed by atoms with Gasteiger partial charge >= 0.3 is 0 Å². The number of carbonyl (C=O) groups is 1. The highest BCUT2D eigenvalue weighted by Crippen LogP contribution is 2.29. The number of benzene rings is 1. The number of rotatable bonds is 4. The Morgan fingerprint density at radius 1 is 1.39 bits per heavy atom. The number of aromatic nitrogens is 3. The van der Waals surface area contributed by atoms with Crippen molar-refractivity contribution in [3.05, 3.63) is 64.1 Å². The third kappa shape index (κ3) is 3.44. The van der Waals surface area contributed by atoms with Gasteiger partial charge in [0.25, 0.3) is 5.91 Å². The minimum atomic E-state index is -0.282. The van der Waals surface area contributed by atoms with Crippen LogP contribution in [0.15, 0.2) is 28.8 Å². The van der Waals surface area contributed by atoms with E-state index in [0.717, 1.165) is 41.8 Å². The third-order valence-corrected chi connectivity index (χ3v) is 5.34. The second kappa shape index (κ2) is 7.22. The Hall–Kier alpha value is -2.96. The molecule has 0 bridgehead atoms. The van der Waals surface area contributed by atoms with Crippen molar-refractivity contribution in [3.63, 3.8) is 0 Å². The van der Waals surface area contributed by atoms with E-state index in [2.05, 4.69) is 22.5 Å². The van der Waals surface area contributed by atoms with Gasteiger partial charge in [-0.2, -0.15) is 5.10 Å². The smallest absolute Gasteiger partial charge is 0.278 e. The molecule has 0 aliphatic heterocycles. The molecule has 28 heavy (non-hydrogen) atoms. The number of nitrogens with one attached hydrogen (secondary N) is 1. The molecule has 1 atom stereocenters. The van der Waals surface area contributed by atoms with E-state index in [4.69, 9.17) is 4.52 Å². The van der Waals surface area contributed by atoms with Crippen molar-refractivity contribution in [2.75, 3.05) is 5.32 Å². The molecule has 0 fully saturated rings. The standard InChI is InChI=1S/C21H23FN4O2/c1-12-7-8-18-17(9-12)20(25-28-18)21(27)23-19-13(2)24-26(14(19)3)11-15-5-4-6-16(22)10-15/h4-6,10,12H,7-9,11H2,1-3H3,(H,23,27). The average molecular weight is 382 g/mol. The van der Waals surface area contributed by atoms with Crippen molar-refractivity contribution in [2.24, 2.45) is 5.92 Å². The van der Waals surface area contributed by atoms with Crippen LogP contribution in [0.25, 0.3) is 0 Å². The molecule has 1 N–H and O–H groups in total. The number of fused-ring (bicyclic) bond motifs is 1. The highest BCUT2D eigenvalue weighted by Gasteiger charge is 2.28. The minimum Gasteiger partial charge on any atom is -0.360 e. The zero-order chi connectivity index (χ0) is 19.8. The average Bonchev–Trinajstić information content (AvgIpc) is 3.18. The van der Waals surface area contributed by atoms with Gasteiger partial charge in [-0.1, -0.05) is 24.2 Å². The molecular weight excluding hydrogens is 359 g/mol. The molecule has 0 radical (unpaired) electrons. The lowest BCUT2D eigenvalue weighted by atomic mass is 9.88. The van der Waals surface area contributed by atoms with Gasteiger partial charge in [0.2, 0.25) is 0 Å². The Morgan fingerprint density at radius 3 is 3.00 bits per heavy atom. The van der Waals surface area contributed by atoms with Crippen molar-refractivity contribution >= 4 is 11.6 Å². The second-order valence-corrected chi connectivity index (χ2v) is 7.57. The molecule has 1 unspecified atom stereocenters. The molecule has 1 amide bonds. The van der Waals surface area contributed by atoms with Crippen LogP contribution in [-0.4, -0.2) is 20.8 Å². The maximum Gasteiger partial charge on any atom is 0.278 e. The van der Waals surface area contributed by atoms with E-state index in [0.29, 0.717) is 29.5 Å². The number of amides is 1. The van der Waals surface area contributed by atoms with E-state index in [1.54, 1.807) is 10.7 Å². The topological polar surface area (TPSA) is 73.0 Å². The van der Waals surface area contributed by atoms with Crippen LogP contribution in [0.4, 0.5) is 10.1 Å². The molecule has 2 aromatic heterocycles. The van der Waals surface area contributed by atoms with Gasteiger partial charge in [0.1, 0.15) is 11.6 Å². The fraction of sp³-hybridized carbons (Fsp3) is 0.381. The first-order valence-corrected chi connectivity index (χ1v) is 9.49. The number of carbonyl (C=O) groups excluding carboxylic acids is 1. The number of aryl methyl sites for hydroxylation is 2. The Bertz CT molecular complexity index is 1040. The monoisotopic (exact) mass is 382 g/mol. The van der Waals surface area contributed by atoms with Crippen molar-refractivity contribution < 1.29 is 13.7 Å². The molecule has 2 heterocycles. The number of hydrogen-bond donors (Lipinski definition) is 1. The van der Waals surface area contributed by atoms with E-state index in [1.165, 1.54) is 12.1 Å². The summed E-state index contributed by atoms with van der Waals surface area (Å²) < 4.78 is 20.6. The number of halogens is 1. The molecule has 0 saturated heterocycles. The van der Waals surface area contributed by atoms with Crippen molar-refractivity contribution in [3.8, 4) is 0 Å². The van der Waals surface area contributed by atoms with E-state index < -0.39 is 0 Å². The number of nitrogens with zero attached hydrogens (tertiary/aromatic N) is 3. The fourth-order valence-electron chi connectivity index (χ4n) is 3.77. The van der Waals surface area contributed by atoms with Crippen LogP contribution < -0.4 is 5.32 Å². The lowest BCUT2D eigenvalue weighted by molar-refractivity contribution is 0.101. The van der Waals surface area contributed by atoms with Crippen LogP contribution in [0.3, 0.4) is 0 Å². The Balaban J connectivity index is 1.56. The fourth-order valence-corrected chi connectivity index (χ4v) is 3.77. The van der Waals surface area contributed by atoms with Crippen molar-refractivity contribution in [1.82, 2.24) is 14.9 Å². The van der Waals surface area contributed by atoms with E-state index in [-0.39, 0.29) is 11.7 Å². The van der Waals surface area contributed by atoms with Crippen LogP contribution in [0.2, 0.25) is 0 Å². The highest BCUT2D eigenvalue weighted by atomic mass is 19.1. The first-order chi connectivity index (χ1) is 13.4. The lowest BCUT2D eigenvalue weighted by Crippen LogP contribution is -2.18. The Kier molecular flexibility index (Phi) is 4.75. The van der Waals surface area contributed by atoms with Crippen LogP contribution in [0, 0.1) is 25.6 Å². The van der Waals surface area contributed by atoms with Gasteiger partial charge in [-0.25, -0.2) is 4.39 Å². The van der Waals surface area contributed by atoms with E-state index in [1.807, 2.05) is 19.9 Å².